The van der Waals surface area contributed by atoms with E-state index in [-0.39, 0.29) is 18.4 Å². The number of carbonyl (C=O) groups is 3. The topological polar surface area (TPSA) is 107 Å². The van der Waals surface area contributed by atoms with Gasteiger partial charge in [0.05, 0.1) is 6.61 Å². The summed E-state index contributed by atoms with van der Waals surface area (Å²) in [7, 11) is 0. The van der Waals surface area contributed by atoms with Crippen molar-refractivity contribution in [2.45, 2.75) is 52.2 Å². The van der Waals surface area contributed by atoms with Crippen molar-refractivity contribution in [2.24, 2.45) is 5.92 Å². The number of amides is 3. The first-order valence-corrected chi connectivity index (χ1v) is 10.3. The van der Waals surface area contributed by atoms with Crippen LogP contribution in [0, 0.1) is 5.92 Å². The van der Waals surface area contributed by atoms with Crippen molar-refractivity contribution in [2.75, 3.05) is 13.2 Å². The molecule has 1 aromatic heterocycles. The van der Waals surface area contributed by atoms with Crippen LogP contribution < -0.4 is 10.6 Å². The van der Waals surface area contributed by atoms with Crippen molar-refractivity contribution in [1.29, 1.82) is 0 Å². The van der Waals surface area contributed by atoms with Gasteiger partial charge < -0.3 is 19.2 Å². The lowest BCUT2D eigenvalue weighted by Gasteiger charge is -2.29. The predicted octanol–water partition coefficient (Wildman–Crippen LogP) is 3.53. The highest BCUT2D eigenvalue weighted by Crippen LogP contribution is 2.27. The molecule has 1 aromatic carbocycles. The molecule has 8 nitrogen and oxygen atoms in total. The molecule has 0 saturated heterocycles. The molecule has 1 heterocycles. The molecule has 1 aliphatic rings. The van der Waals surface area contributed by atoms with E-state index in [0.717, 1.165) is 31.1 Å². The molecule has 1 aliphatic carbocycles. The van der Waals surface area contributed by atoms with Gasteiger partial charge in [0.2, 0.25) is 5.76 Å². The van der Waals surface area contributed by atoms with E-state index in [0.29, 0.717) is 23.7 Å². The first kappa shape index (κ1) is 21.8. The van der Waals surface area contributed by atoms with Gasteiger partial charge in [0.1, 0.15) is 5.58 Å². The number of rotatable bonds is 7. The van der Waals surface area contributed by atoms with Gasteiger partial charge in [-0.05, 0) is 31.7 Å². The lowest BCUT2D eigenvalue weighted by atomic mass is 9.86. The number of urea groups is 1. The number of hydrogen-bond acceptors (Lipinski definition) is 6. The van der Waals surface area contributed by atoms with Crippen LogP contribution in [0.2, 0.25) is 0 Å². The number of furan rings is 1. The Morgan fingerprint density at radius 2 is 1.93 bits per heavy atom. The van der Waals surface area contributed by atoms with E-state index in [4.69, 9.17) is 13.9 Å². The van der Waals surface area contributed by atoms with Crippen LogP contribution in [0.3, 0.4) is 0 Å². The number of carbonyl (C=O) groups excluding carboxylic acids is 3. The molecule has 2 aromatic rings. The number of benzene rings is 1. The third-order valence-corrected chi connectivity index (χ3v) is 5.35. The van der Waals surface area contributed by atoms with Gasteiger partial charge >= 0.3 is 12.0 Å². The number of hydrogen-bond donors (Lipinski definition) is 2. The van der Waals surface area contributed by atoms with Gasteiger partial charge in [-0.15, -0.1) is 0 Å². The van der Waals surface area contributed by atoms with Crippen LogP contribution in [0.1, 0.15) is 55.6 Å². The maximum Gasteiger partial charge on any atom is 0.375 e. The van der Waals surface area contributed by atoms with Crippen molar-refractivity contribution in [3.05, 3.63) is 35.6 Å². The minimum absolute atomic E-state index is 0.00191. The van der Waals surface area contributed by atoms with Crippen LogP contribution in [0.15, 0.2) is 28.7 Å². The molecule has 8 heteroatoms. The molecular formula is C22H28N2O6. The number of nitrogens with one attached hydrogen (secondary N) is 2. The van der Waals surface area contributed by atoms with Crippen molar-refractivity contribution >= 4 is 28.9 Å². The third kappa shape index (κ3) is 5.38. The van der Waals surface area contributed by atoms with Crippen LogP contribution >= 0.6 is 0 Å². The second kappa shape index (κ2) is 10.2. The summed E-state index contributed by atoms with van der Waals surface area (Å²) in [6.45, 7) is 4.01. The van der Waals surface area contributed by atoms with Gasteiger partial charge in [0, 0.05) is 23.6 Å². The Hall–Kier alpha value is -2.87. The van der Waals surface area contributed by atoms with Gasteiger partial charge in [-0.3, -0.25) is 10.1 Å². The van der Waals surface area contributed by atoms with Crippen LogP contribution in [-0.2, 0) is 20.9 Å². The molecule has 2 atom stereocenters. The van der Waals surface area contributed by atoms with Gasteiger partial charge in [-0.1, -0.05) is 38.0 Å². The maximum atomic E-state index is 12.5. The molecule has 0 bridgehead atoms. The molecule has 0 aliphatic heterocycles. The second-order valence-electron chi connectivity index (χ2n) is 7.51. The van der Waals surface area contributed by atoms with Crippen molar-refractivity contribution in [1.82, 2.24) is 10.6 Å². The van der Waals surface area contributed by atoms with Crippen LogP contribution in [0.25, 0.3) is 11.0 Å². The van der Waals surface area contributed by atoms with E-state index in [1.54, 1.807) is 12.1 Å². The van der Waals surface area contributed by atoms with E-state index in [1.807, 2.05) is 19.1 Å². The SMILES string of the molecule is CCOCc1c(C(=O)OCC(=O)NC(=O)N[C@@H]2CCCC[C@@H]2C)oc2ccccc12. The zero-order valence-electron chi connectivity index (χ0n) is 17.4. The molecule has 3 amide bonds. The summed E-state index contributed by atoms with van der Waals surface area (Å²) in [5.74, 6) is -1.11. The lowest BCUT2D eigenvalue weighted by Crippen LogP contribution is -2.48. The Bertz CT molecular complexity index is 906. The standard InChI is InChI=1S/C22H28N2O6/c1-3-28-12-16-15-9-5-7-11-18(15)30-20(16)21(26)29-13-19(25)24-22(27)23-17-10-6-4-8-14(17)2/h5,7,9,11,14,17H,3-4,6,8,10,12-13H2,1-2H3,(H2,23,24,25,27)/t14-,17+/m0/s1. The Labute approximate surface area is 175 Å². The van der Waals surface area contributed by atoms with E-state index >= 15 is 0 Å². The van der Waals surface area contributed by atoms with Crippen LogP contribution in [0.4, 0.5) is 4.79 Å². The third-order valence-electron chi connectivity index (χ3n) is 5.35. The Kier molecular flexibility index (Phi) is 7.46. The van der Waals surface area contributed by atoms with Gasteiger partial charge in [-0.25, -0.2) is 9.59 Å². The number of fused-ring (bicyclic) bond motifs is 1. The van der Waals surface area contributed by atoms with E-state index < -0.39 is 24.5 Å². The number of ether oxygens (including phenoxy) is 2. The zero-order valence-corrected chi connectivity index (χ0v) is 17.4. The van der Waals surface area contributed by atoms with Gasteiger partial charge in [0.25, 0.3) is 5.91 Å². The number of esters is 1. The quantitative estimate of drug-likeness (QED) is 0.669. The highest BCUT2D eigenvalue weighted by molar-refractivity contribution is 5.99. The average molecular weight is 416 g/mol. The molecule has 30 heavy (non-hydrogen) atoms. The first-order chi connectivity index (χ1) is 14.5. The fourth-order valence-corrected chi connectivity index (χ4v) is 3.71. The Morgan fingerprint density at radius 1 is 1.17 bits per heavy atom. The van der Waals surface area contributed by atoms with Gasteiger partial charge in [-0.2, -0.15) is 0 Å². The van der Waals surface area contributed by atoms with Crippen molar-refractivity contribution in [3.63, 3.8) is 0 Å². The van der Waals surface area contributed by atoms with Crippen LogP contribution in [0.5, 0.6) is 0 Å². The minimum atomic E-state index is -0.780. The molecule has 0 radical (unpaired) electrons. The summed E-state index contributed by atoms with van der Waals surface area (Å²) >= 11 is 0. The Balaban J connectivity index is 1.56. The molecule has 0 spiro atoms. The Morgan fingerprint density at radius 3 is 2.70 bits per heavy atom. The molecule has 3 rings (SSSR count). The summed E-state index contributed by atoms with van der Waals surface area (Å²) < 4.78 is 16.1. The first-order valence-electron chi connectivity index (χ1n) is 10.3. The van der Waals surface area contributed by atoms with Crippen molar-refractivity contribution in [3.8, 4) is 0 Å². The normalized spacial score (nSPS) is 18.7. The van der Waals surface area contributed by atoms with E-state index in [2.05, 4.69) is 17.6 Å². The summed E-state index contributed by atoms with van der Waals surface area (Å²) in [6.07, 6.45) is 4.16. The summed E-state index contributed by atoms with van der Waals surface area (Å²) in [5.41, 5.74) is 1.10. The second-order valence-corrected chi connectivity index (χ2v) is 7.51. The fourth-order valence-electron chi connectivity index (χ4n) is 3.71. The van der Waals surface area contributed by atoms with Gasteiger partial charge in [0.15, 0.2) is 6.61 Å². The predicted molar refractivity (Wildman–Crippen MR) is 110 cm³/mol. The summed E-state index contributed by atoms with van der Waals surface area (Å²) in [4.78, 5) is 36.6. The zero-order chi connectivity index (χ0) is 21.5. The smallest absolute Gasteiger partial charge is 0.375 e. The fraction of sp³-hybridized carbons (Fsp3) is 0.500. The summed E-state index contributed by atoms with van der Waals surface area (Å²) in [5, 5.41) is 5.78. The molecule has 0 unspecified atom stereocenters. The summed E-state index contributed by atoms with van der Waals surface area (Å²) in [6, 6.07) is 6.67. The molecule has 1 fully saturated rings. The van der Waals surface area contributed by atoms with E-state index in [9.17, 15) is 14.4 Å². The van der Waals surface area contributed by atoms with Crippen molar-refractivity contribution < 1.29 is 28.3 Å². The lowest BCUT2D eigenvalue weighted by molar-refractivity contribution is -0.123. The highest BCUT2D eigenvalue weighted by atomic mass is 16.5. The number of imide groups is 1. The molecule has 1 saturated carbocycles. The maximum absolute atomic E-state index is 12.5. The molecule has 162 valence electrons. The van der Waals surface area contributed by atoms with E-state index in [1.165, 1.54) is 0 Å². The average Bonchev–Trinajstić information content (AvgIpc) is 3.10. The largest absolute Gasteiger partial charge is 0.450 e. The monoisotopic (exact) mass is 416 g/mol. The number of para-hydroxylation sites is 1. The minimum Gasteiger partial charge on any atom is -0.450 e. The molecular weight excluding hydrogens is 388 g/mol. The highest BCUT2D eigenvalue weighted by Gasteiger charge is 2.25. The molecule has 2 N–H and O–H groups in total. The van der Waals surface area contributed by atoms with Crippen LogP contribution in [-0.4, -0.2) is 37.2 Å².